The standard InChI is InChI=1S/C10H15F3N2S/c1-4-6(2)8(14-3)7-5-15-9(16-7)10(11,12)13/h5-6,8,14H,4H2,1-3H3. The Morgan fingerprint density at radius 3 is 2.50 bits per heavy atom. The normalized spacial score (nSPS) is 16.1. The summed E-state index contributed by atoms with van der Waals surface area (Å²) < 4.78 is 37.1. The quantitative estimate of drug-likeness (QED) is 0.887. The minimum absolute atomic E-state index is 0.0569. The number of rotatable bonds is 4. The van der Waals surface area contributed by atoms with Crippen molar-refractivity contribution in [2.75, 3.05) is 7.05 Å². The van der Waals surface area contributed by atoms with Gasteiger partial charge in [-0.1, -0.05) is 20.3 Å². The maximum Gasteiger partial charge on any atom is 0.443 e. The first-order chi connectivity index (χ1) is 7.40. The number of alkyl halides is 3. The number of thiazole rings is 1. The topological polar surface area (TPSA) is 24.9 Å². The number of aromatic nitrogens is 1. The van der Waals surface area contributed by atoms with Crippen LogP contribution in [0.4, 0.5) is 13.2 Å². The van der Waals surface area contributed by atoms with Crippen LogP contribution in [0.5, 0.6) is 0 Å². The fourth-order valence-electron chi connectivity index (χ4n) is 1.50. The largest absolute Gasteiger partial charge is 0.443 e. The van der Waals surface area contributed by atoms with Gasteiger partial charge in [0.25, 0.3) is 0 Å². The lowest BCUT2D eigenvalue weighted by Gasteiger charge is -2.20. The Bertz CT molecular complexity index is 335. The van der Waals surface area contributed by atoms with Crippen molar-refractivity contribution < 1.29 is 13.2 Å². The molecule has 0 saturated heterocycles. The molecule has 0 radical (unpaired) electrons. The molecule has 1 aromatic rings. The molecule has 2 nitrogen and oxygen atoms in total. The molecule has 1 rings (SSSR count). The third-order valence-corrected chi connectivity index (χ3v) is 3.72. The highest BCUT2D eigenvalue weighted by Gasteiger charge is 2.35. The molecule has 0 spiro atoms. The van der Waals surface area contributed by atoms with Crippen molar-refractivity contribution in [3.63, 3.8) is 0 Å². The summed E-state index contributed by atoms with van der Waals surface area (Å²) >= 11 is 0.718. The lowest BCUT2D eigenvalue weighted by Crippen LogP contribution is -2.22. The molecule has 2 atom stereocenters. The Morgan fingerprint density at radius 2 is 2.12 bits per heavy atom. The van der Waals surface area contributed by atoms with Crippen molar-refractivity contribution in [1.29, 1.82) is 0 Å². The molecule has 0 aliphatic carbocycles. The van der Waals surface area contributed by atoms with Gasteiger partial charge in [-0.3, -0.25) is 0 Å². The zero-order valence-electron chi connectivity index (χ0n) is 9.43. The van der Waals surface area contributed by atoms with Gasteiger partial charge in [0.05, 0.1) is 0 Å². The highest BCUT2D eigenvalue weighted by atomic mass is 32.1. The van der Waals surface area contributed by atoms with Crippen molar-refractivity contribution in [3.8, 4) is 0 Å². The van der Waals surface area contributed by atoms with Crippen LogP contribution < -0.4 is 5.32 Å². The summed E-state index contributed by atoms with van der Waals surface area (Å²) in [6.45, 7) is 4.02. The van der Waals surface area contributed by atoms with Crippen LogP contribution in [-0.2, 0) is 6.18 Å². The van der Waals surface area contributed by atoms with Gasteiger partial charge in [-0.2, -0.15) is 13.2 Å². The van der Waals surface area contributed by atoms with Crippen LogP contribution in [0.15, 0.2) is 6.20 Å². The van der Waals surface area contributed by atoms with E-state index in [-0.39, 0.29) is 12.0 Å². The predicted octanol–water partition coefficient (Wildman–Crippen LogP) is 3.47. The smallest absolute Gasteiger partial charge is 0.312 e. The second kappa shape index (κ2) is 5.14. The van der Waals surface area contributed by atoms with Crippen LogP contribution in [-0.4, -0.2) is 12.0 Å². The fraction of sp³-hybridized carbons (Fsp3) is 0.700. The van der Waals surface area contributed by atoms with E-state index in [0.717, 1.165) is 17.8 Å². The van der Waals surface area contributed by atoms with Gasteiger partial charge in [0.15, 0.2) is 5.01 Å². The lowest BCUT2D eigenvalue weighted by atomic mass is 9.98. The Labute approximate surface area is 96.9 Å². The van der Waals surface area contributed by atoms with Gasteiger partial charge in [-0.25, -0.2) is 4.98 Å². The molecule has 16 heavy (non-hydrogen) atoms. The van der Waals surface area contributed by atoms with E-state index < -0.39 is 11.2 Å². The summed E-state index contributed by atoms with van der Waals surface area (Å²) in [6, 6.07) is -0.0569. The molecule has 0 aromatic carbocycles. The van der Waals surface area contributed by atoms with Crippen molar-refractivity contribution in [2.24, 2.45) is 5.92 Å². The first-order valence-corrected chi connectivity index (χ1v) is 5.92. The summed E-state index contributed by atoms with van der Waals surface area (Å²) in [7, 11) is 1.75. The van der Waals surface area contributed by atoms with Crippen molar-refractivity contribution in [2.45, 2.75) is 32.5 Å². The van der Waals surface area contributed by atoms with Crippen LogP contribution in [0.25, 0.3) is 0 Å². The number of nitrogens with one attached hydrogen (secondary N) is 1. The second-order valence-corrected chi connectivity index (χ2v) is 4.78. The van der Waals surface area contributed by atoms with E-state index in [2.05, 4.69) is 10.3 Å². The predicted molar refractivity (Wildman–Crippen MR) is 58.4 cm³/mol. The maximum atomic E-state index is 12.4. The second-order valence-electron chi connectivity index (χ2n) is 3.72. The summed E-state index contributed by atoms with van der Waals surface area (Å²) in [5.41, 5.74) is 0. The molecule has 6 heteroatoms. The van der Waals surface area contributed by atoms with E-state index in [1.54, 1.807) is 7.05 Å². The van der Waals surface area contributed by atoms with Gasteiger partial charge in [0.1, 0.15) is 0 Å². The Kier molecular flexibility index (Phi) is 4.32. The lowest BCUT2D eigenvalue weighted by molar-refractivity contribution is -0.137. The summed E-state index contributed by atoms with van der Waals surface area (Å²) in [6.07, 6.45) is -2.11. The van der Waals surface area contributed by atoms with Crippen molar-refractivity contribution in [1.82, 2.24) is 10.3 Å². The van der Waals surface area contributed by atoms with E-state index in [4.69, 9.17) is 0 Å². The van der Waals surface area contributed by atoms with Gasteiger partial charge in [0, 0.05) is 17.1 Å². The van der Waals surface area contributed by atoms with E-state index in [1.807, 2.05) is 13.8 Å². The minimum atomic E-state index is -4.34. The summed E-state index contributed by atoms with van der Waals surface area (Å²) in [4.78, 5) is 4.07. The first-order valence-electron chi connectivity index (χ1n) is 5.10. The van der Waals surface area contributed by atoms with Gasteiger partial charge in [-0.15, -0.1) is 11.3 Å². The molecule has 0 aliphatic rings. The maximum absolute atomic E-state index is 12.4. The molecule has 1 aromatic heterocycles. The highest BCUT2D eigenvalue weighted by molar-refractivity contribution is 7.11. The SMILES string of the molecule is CCC(C)C(NC)c1cnc(C(F)(F)F)s1. The number of hydrogen-bond donors (Lipinski definition) is 1. The van der Waals surface area contributed by atoms with E-state index in [0.29, 0.717) is 4.88 Å². The zero-order chi connectivity index (χ0) is 12.3. The van der Waals surface area contributed by atoms with Gasteiger partial charge in [0.2, 0.25) is 0 Å². The Hall–Kier alpha value is -0.620. The molecule has 92 valence electrons. The van der Waals surface area contributed by atoms with E-state index in [1.165, 1.54) is 6.20 Å². The monoisotopic (exact) mass is 252 g/mol. The molecule has 1 heterocycles. The molecule has 0 bridgehead atoms. The van der Waals surface area contributed by atoms with Gasteiger partial charge >= 0.3 is 6.18 Å². The van der Waals surface area contributed by atoms with Crippen LogP contribution >= 0.6 is 11.3 Å². The summed E-state index contributed by atoms with van der Waals surface area (Å²) in [5, 5.41) is 2.26. The molecule has 0 aliphatic heterocycles. The third kappa shape index (κ3) is 2.95. The minimum Gasteiger partial charge on any atom is -0.312 e. The van der Waals surface area contributed by atoms with E-state index >= 15 is 0 Å². The number of halogens is 3. The van der Waals surface area contributed by atoms with Crippen molar-refractivity contribution >= 4 is 11.3 Å². The molecule has 0 saturated carbocycles. The van der Waals surface area contributed by atoms with Crippen LogP contribution in [0.3, 0.4) is 0 Å². The molecule has 2 unspecified atom stereocenters. The van der Waals surface area contributed by atoms with Crippen LogP contribution in [0.1, 0.15) is 36.2 Å². The molecule has 0 amide bonds. The Balaban J connectivity index is 2.91. The Morgan fingerprint density at radius 1 is 1.50 bits per heavy atom. The summed E-state index contributed by atoms with van der Waals surface area (Å²) in [5.74, 6) is 0.284. The molecule has 0 fully saturated rings. The highest BCUT2D eigenvalue weighted by Crippen LogP contribution is 2.36. The molecular formula is C10H15F3N2S. The number of nitrogens with zero attached hydrogens (tertiary/aromatic N) is 1. The molecular weight excluding hydrogens is 237 g/mol. The molecule has 1 N–H and O–H groups in total. The fourth-order valence-corrected chi connectivity index (χ4v) is 2.53. The average Bonchev–Trinajstić information content (AvgIpc) is 2.67. The average molecular weight is 252 g/mol. The van der Waals surface area contributed by atoms with Crippen LogP contribution in [0, 0.1) is 5.92 Å². The van der Waals surface area contributed by atoms with E-state index in [9.17, 15) is 13.2 Å². The number of hydrogen-bond acceptors (Lipinski definition) is 3. The third-order valence-electron chi connectivity index (χ3n) is 2.60. The van der Waals surface area contributed by atoms with Gasteiger partial charge < -0.3 is 5.32 Å². The van der Waals surface area contributed by atoms with Crippen LogP contribution in [0.2, 0.25) is 0 Å². The first kappa shape index (κ1) is 13.4. The zero-order valence-corrected chi connectivity index (χ0v) is 10.2. The van der Waals surface area contributed by atoms with Gasteiger partial charge in [-0.05, 0) is 13.0 Å². The van der Waals surface area contributed by atoms with Crippen molar-refractivity contribution in [3.05, 3.63) is 16.1 Å².